The Morgan fingerprint density at radius 3 is 2.46 bits per heavy atom. The van der Waals surface area contributed by atoms with Crippen LogP contribution in [0.2, 0.25) is 0 Å². The van der Waals surface area contributed by atoms with Crippen molar-refractivity contribution in [1.29, 1.82) is 0 Å². The molecule has 0 aliphatic heterocycles. The van der Waals surface area contributed by atoms with Gasteiger partial charge in [0.1, 0.15) is 12.1 Å². The Bertz CT molecular complexity index is 864. The minimum absolute atomic E-state index is 0.0450. The van der Waals surface area contributed by atoms with E-state index in [4.69, 9.17) is 0 Å². The monoisotopic (exact) mass is 377 g/mol. The molecule has 0 atom stereocenters. The molecule has 0 fully saturated rings. The smallest absolute Gasteiger partial charge is 0.252 e. The van der Waals surface area contributed by atoms with Gasteiger partial charge >= 0.3 is 0 Å². The van der Waals surface area contributed by atoms with Crippen molar-refractivity contribution in [1.82, 2.24) is 20.3 Å². The molecule has 0 aliphatic rings. The molecule has 146 valence electrons. The molecule has 6 nitrogen and oxygen atoms in total. The molecular weight excluding hydrogens is 350 g/mol. The van der Waals surface area contributed by atoms with Gasteiger partial charge in [-0.15, -0.1) is 0 Å². The predicted octanol–water partition coefficient (Wildman–Crippen LogP) is 4.21. The van der Waals surface area contributed by atoms with Gasteiger partial charge in [0.05, 0.1) is 11.1 Å². The van der Waals surface area contributed by atoms with Gasteiger partial charge in [0, 0.05) is 30.9 Å². The average Bonchev–Trinajstić information content (AvgIpc) is 2.75. The highest BCUT2D eigenvalue weighted by molar-refractivity contribution is 5.93. The van der Waals surface area contributed by atoms with Crippen molar-refractivity contribution >= 4 is 22.6 Å². The Morgan fingerprint density at radius 1 is 0.857 bits per heavy atom. The van der Waals surface area contributed by atoms with Crippen molar-refractivity contribution in [2.45, 2.75) is 38.5 Å². The van der Waals surface area contributed by atoms with E-state index in [2.05, 4.69) is 25.6 Å². The summed E-state index contributed by atoms with van der Waals surface area (Å²) in [4.78, 5) is 24.5. The fourth-order valence-corrected chi connectivity index (χ4v) is 3.11. The van der Waals surface area contributed by atoms with E-state index in [0.29, 0.717) is 5.56 Å². The summed E-state index contributed by atoms with van der Waals surface area (Å²) in [7, 11) is 0. The molecule has 0 spiro atoms. The van der Waals surface area contributed by atoms with E-state index in [-0.39, 0.29) is 5.91 Å². The molecule has 0 aliphatic carbocycles. The molecule has 3 rings (SSSR count). The van der Waals surface area contributed by atoms with Crippen LogP contribution in [0.25, 0.3) is 10.9 Å². The van der Waals surface area contributed by atoms with Crippen LogP contribution in [-0.4, -0.2) is 33.9 Å². The number of pyridine rings is 1. The first-order valence-electron chi connectivity index (χ1n) is 9.96. The fourth-order valence-electron chi connectivity index (χ4n) is 3.11. The second-order valence-corrected chi connectivity index (χ2v) is 6.79. The second-order valence-electron chi connectivity index (χ2n) is 6.79. The number of rotatable bonds is 11. The third-order valence-corrected chi connectivity index (χ3v) is 4.65. The lowest BCUT2D eigenvalue weighted by Gasteiger charge is -2.08. The Balaban J connectivity index is 1.22. The van der Waals surface area contributed by atoms with Crippen LogP contribution in [0.1, 0.15) is 48.9 Å². The molecule has 0 radical (unpaired) electrons. The number of aromatic nitrogens is 3. The highest BCUT2D eigenvalue weighted by Crippen LogP contribution is 2.18. The maximum atomic E-state index is 11.9. The van der Waals surface area contributed by atoms with Gasteiger partial charge in [0.15, 0.2) is 0 Å². The van der Waals surface area contributed by atoms with E-state index < -0.39 is 0 Å². The number of hydrogen-bond acceptors (Lipinski definition) is 5. The molecule has 0 bridgehead atoms. The predicted molar refractivity (Wildman–Crippen MR) is 112 cm³/mol. The molecule has 0 saturated heterocycles. The third-order valence-electron chi connectivity index (χ3n) is 4.65. The van der Waals surface area contributed by atoms with Crippen LogP contribution >= 0.6 is 0 Å². The van der Waals surface area contributed by atoms with Crippen LogP contribution in [0.4, 0.5) is 5.82 Å². The fraction of sp³-hybridized carbons (Fsp3) is 0.364. The number of fused-ring (bicyclic) bond motifs is 1. The maximum absolute atomic E-state index is 11.9. The Labute approximate surface area is 165 Å². The lowest BCUT2D eigenvalue weighted by molar-refractivity contribution is 0.0952. The maximum Gasteiger partial charge on any atom is 0.252 e. The molecule has 3 aromatic rings. The van der Waals surface area contributed by atoms with Crippen LogP contribution in [0.3, 0.4) is 0 Å². The van der Waals surface area contributed by atoms with Gasteiger partial charge in [-0.2, -0.15) is 0 Å². The van der Waals surface area contributed by atoms with Gasteiger partial charge < -0.3 is 10.6 Å². The standard InChI is InChI=1S/C22H27N5O/c28-22(18-10-9-13-23-16-18)25-15-8-4-2-1-3-7-14-24-21-19-11-5-6-12-20(19)26-17-27-21/h5-6,9-13,16-17H,1-4,7-8,14-15H2,(H,25,28)(H,24,26,27). The first-order chi connectivity index (χ1) is 13.8. The minimum Gasteiger partial charge on any atom is -0.369 e. The summed E-state index contributed by atoms with van der Waals surface area (Å²) < 4.78 is 0. The van der Waals surface area contributed by atoms with Crippen molar-refractivity contribution in [2.24, 2.45) is 0 Å². The number of amides is 1. The van der Waals surface area contributed by atoms with E-state index >= 15 is 0 Å². The molecule has 1 aromatic carbocycles. The highest BCUT2D eigenvalue weighted by Gasteiger charge is 2.04. The molecule has 6 heteroatoms. The summed E-state index contributed by atoms with van der Waals surface area (Å²) in [6, 6.07) is 11.6. The summed E-state index contributed by atoms with van der Waals surface area (Å²) in [6.45, 7) is 1.64. The van der Waals surface area contributed by atoms with E-state index in [1.807, 2.05) is 24.3 Å². The number of carbonyl (C=O) groups is 1. The number of carbonyl (C=O) groups excluding carboxylic acids is 1. The number of unbranched alkanes of at least 4 members (excludes halogenated alkanes) is 5. The van der Waals surface area contributed by atoms with Gasteiger partial charge in [-0.05, 0) is 37.1 Å². The third kappa shape index (κ3) is 6.01. The largest absolute Gasteiger partial charge is 0.369 e. The molecule has 1 amide bonds. The van der Waals surface area contributed by atoms with Gasteiger partial charge in [-0.25, -0.2) is 9.97 Å². The van der Waals surface area contributed by atoms with Crippen LogP contribution in [0, 0.1) is 0 Å². The van der Waals surface area contributed by atoms with Gasteiger partial charge in [-0.3, -0.25) is 9.78 Å². The Morgan fingerprint density at radius 2 is 1.64 bits per heavy atom. The lowest BCUT2D eigenvalue weighted by Crippen LogP contribution is -2.24. The van der Waals surface area contributed by atoms with E-state index in [1.54, 1.807) is 30.9 Å². The van der Waals surface area contributed by atoms with E-state index in [9.17, 15) is 4.79 Å². The lowest BCUT2D eigenvalue weighted by atomic mass is 10.1. The zero-order chi connectivity index (χ0) is 19.4. The molecule has 2 aromatic heterocycles. The minimum atomic E-state index is -0.0450. The topological polar surface area (TPSA) is 79.8 Å². The number of nitrogens with one attached hydrogen (secondary N) is 2. The van der Waals surface area contributed by atoms with Gasteiger partial charge in [-0.1, -0.05) is 37.8 Å². The normalized spacial score (nSPS) is 10.7. The zero-order valence-corrected chi connectivity index (χ0v) is 16.1. The number of nitrogens with zero attached hydrogens (tertiary/aromatic N) is 3. The number of anilines is 1. The van der Waals surface area contributed by atoms with Gasteiger partial charge in [0.2, 0.25) is 0 Å². The summed E-state index contributed by atoms with van der Waals surface area (Å²) >= 11 is 0. The van der Waals surface area contributed by atoms with Gasteiger partial charge in [0.25, 0.3) is 5.91 Å². The van der Waals surface area contributed by atoms with E-state index in [0.717, 1.165) is 49.1 Å². The number of hydrogen-bond donors (Lipinski definition) is 2. The van der Waals surface area contributed by atoms with Crippen molar-refractivity contribution < 1.29 is 4.79 Å². The summed E-state index contributed by atoms with van der Waals surface area (Å²) in [5.74, 6) is 0.867. The first-order valence-corrected chi connectivity index (χ1v) is 9.96. The average molecular weight is 377 g/mol. The van der Waals surface area contributed by atoms with Crippen molar-refractivity contribution in [3.8, 4) is 0 Å². The van der Waals surface area contributed by atoms with Crippen LogP contribution in [0.15, 0.2) is 55.1 Å². The second kappa shape index (κ2) is 11.0. The van der Waals surface area contributed by atoms with Crippen LogP contribution < -0.4 is 10.6 Å². The Hall–Kier alpha value is -3.02. The molecule has 2 heterocycles. The van der Waals surface area contributed by atoms with Crippen LogP contribution in [-0.2, 0) is 0 Å². The van der Waals surface area contributed by atoms with Crippen molar-refractivity contribution in [3.05, 3.63) is 60.7 Å². The van der Waals surface area contributed by atoms with E-state index in [1.165, 1.54) is 19.3 Å². The summed E-state index contributed by atoms with van der Waals surface area (Å²) in [6.07, 6.45) is 11.7. The number of para-hydroxylation sites is 1. The SMILES string of the molecule is O=C(NCCCCCCCCNc1ncnc2ccccc12)c1cccnc1. The quantitative estimate of drug-likeness (QED) is 0.489. The molecule has 0 saturated carbocycles. The molecule has 2 N–H and O–H groups in total. The first kappa shape index (κ1) is 19.7. The Kier molecular flexibility index (Phi) is 7.73. The van der Waals surface area contributed by atoms with Crippen molar-refractivity contribution in [3.63, 3.8) is 0 Å². The summed E-state index contributed by atoms with van der Waals surface area (Å²) in [5, 5.41) is 7.43. The molecule has 28 heavy (non-hydrogen) atoms. The molecule has 0 unspecified atom stereocenters. The number of benzene rings is 1. The molecular formula is C22H27N5O. The zero-order valence-electron chi connectivity index (χ0n) is 16.1. The highest BCUT2D eigenvalue weighted by atomic mass is 16.1. The summed E-state index contributed by atoms with van der Waals surface area (Å²) in [5.41, 5.74) is 1.59. The van der Waals surface area contributed by atoms with Crippen LogP contribution in [0.5, 0.6) is 0 Å². The van der Waals surface area contributed by atoms with Crippen molar-refractivity contribution in [2.75, 3.05) is 18.4 Å².